The lowest BCUT2D eigenvalue weighted by molar-refractivity contribution is -0.136. The predicted molar refractivity (Wildman–Crippen MR) is 104 cm³/mol. The maximum Gasteiger partial charge on any atom is 0.434 e. The van der Waals surface area contributed by atoms with Gasteiger partial charge in [-0.3, -0.25) is 4.79 Å². The van der Waals surface area contributed by atoms with Crippen LogP contribution < -0.4 is 0 Å². The molecule has 0 atom stereocenters. The van der Waals surface area contributed by atoms with E-state index in [1.807, 2.05) is 6.92 Å². The second-order valence-electron chi connectivity index (χ2n) is 5.73. The van der Waals surface area contributed by atoms with E-state index in [0.29, 0.717) is 12.0 Å². The molecule has 0 saturated carbocycles. The summed E-state index contributed by atoms with van der Waals surface area (Å²) in [6.45, 7) is 5.54. The van der Waals surface area contributed by atoms with Crippen molar-refractivity contribution >= 4 is 23.7 Å². The van der Waals surface area contributed by atoms with Crippen molar-refractivity contribution in [2.24, 2.45) is 4.99 Å². The fourth-order valence-electron chi connectivity index (χ4n) is 2.12. The molecule has 0 spiro atoms. The number of carbonyl (C=O) groups is 3. The number of hydrogen-bond acceptors (Lipinski definition) is 5. The van der Waals surface area contributed by atoms with E-state index in [1.54, 1.807) is 30.4 Å². The molecule has 0 aliphatic heterocycles. The van der Waals surface area contributed by atoms with Gasteiger partial charge < -0.3 is 14.6 Å². The summed E-state index contributed by atoms with van der Waals surface area (Å²) in [6, 6.07) is 0. The molecular formula is C21H23NO6. The first-order valence-electron chi connectivity index (χ1n) is 8.76. The van der Waals surface area contributed by atoms with Gasteiger partial charge in [0.2, 0.25) is 0 Å². The van der Waals surface area contributed by atoms with Crippen LogP contribution in [-0.2, 0) is 19.1 Å². The third-order valence-corrected chi connectivity index (χ3v) is 3.43. The van der Waals surface area contributed by atoms with Gasteiger partial charge in [0.1, 0.15) is 18.9 Å². The van der Waals surface area contributed by atoms with Crippen LogP contribution >= 0.6 is 0 Å². The number of aliphatic imine (C=N–C) groups is 1. The molecule has 1 N–H and O–H groups in total. The molecule has 0 aromatic rings. The summed E-state index contributed by atoms with van der Waals surface area (Å²) in [7, 11) is 0. The van der Waals surface area contributed by atoms with Gasteiger partial charge in [0.25, 0.3) is 0 Å². The highest BCUT2D eigenvalue weighted by molar-refractivity contribution is 6.38. The molecule has 0 unspecified atom stereocenters. The van der Waals surface area contributed by atoms with Crippen LogP contribution in [0.15, 0.2) is 64.6 Å². The minimum Gasteiger partial charge on any atom is -0.481 e. The van der Waals surface area contributed by atoms with Crippen molar-refractivity contribution in [3.8, 4) is 0 Å². The van der Waals surface area contributed by atoms with Crippen molar-refractivity contribution in [2.75, 3.05) is 13.2 Å². The highest BCUT2D eigenvalue weighted by atomic mass is 16.6. The molecule has 148 valence electrons. The van der Waals surface area contributed by atoms with Gasteiger partial charge in [-0.05, 0) is 35.8 Å². The standard InChI is InChI=1S/C21H23NO6/c1-3-8-16(9-4-2)14-27-20(25)18(12-13-19(23)24)22-21(26)28-15-17-10-6-5-7-11-17/h3,6,8,10-11H,1,4,9,12-15H2,2H3,(H,23,24)/b16-8+,22-18-. The summed E-state index contributed by atoms with van der Waals surface area (Å²) >= 11 is 0. The number of aliphatic carboxylic acids is 1. The van der Waals surface area contributed by atoms with Crippen molar-refractivity contribution in [3.05, 3.63) is 59.6 Å². The van der Waals surface area contributed by atoms with Crippen LogP contribution in [0.4, 0.5) is 4.79 Å². The van der Waals surface area contributed by atoms with E-state index in [2.05, 4.69) is 23.0 Å². The van der Waals surface area contributed by atoms with Gasteiger partial charge in [-0.2, -0.15) is 4.99 Å². The number of nitrogens with zero attached hydrogens (tertiary/aromatic N) is 1. The van der Waals surface area contributed by atoms with E-state index in [0.717, 1.165) is 12.0 Å². The quantitative estimate of drug-likeness (QED) is 0.252. The molecule has 1 rings (SSSR count). The van der Waals surface area contributed by atoms with Gasteiger partial charge in [0, 0.05) is 6.42 Å². The zero-order valence-electron chi connectivity index (χ0n) is 15.8. The number of hydrogen-bond donors (Lipinski definition) is 1. The molecule has 0 bridgehead atoms. The van der Waals surface area contributed by atoms with E-state index in [-0.39, 0.29) is 31.8 Å². The van der Waals surface area contributed by atoms with Crippen LogP contribution in [0.3, 0.4) is 0 Å². The molecule has 1 aliphatic rings. The Morgan fingerprint density at radius 2 is 2.00 bits per heavy atom. The van der Waals surface area contributed by atoms with E-state index in [9.17, 15) is 14.4 Å². The highest BCUT2D eigenvalue weighted by Gasteiger charge is 2.18. The van der Waals surface area contributed by atoms with E-state index < -0.39 is 18.0 Å². The smallest absolute Gasteiger partial charge is 0.434 e. The molecule has 7 heteroatoms. The number of rotatable bonds is 11. The lowest BCUT2D eigenvalue weighted by Crippen LogP contribution is -2.22. The second-order valence-corrected chi connectivity index (χ2v) is 5.73. The van der Waals surface area contributed by atoms with Crippen molar-refractivity contribution < 1.29 is 29.0 Å². The average Bonchev–Trinajstić information content (AvgIpc) is 2.68. The van der Waals surface area contributed by atoms with Crippen molar-refractivity contribution in [1.82, 2.24) is 0 Å². The van der Waals surface area contributed by atoms with E-state index >= 15 is 0 Å². The summed E-state index contributed by atoms with van der Waals surface area (Å²) in [4.78, 5) is 38.6. The topological polar surface area (TPSA) is 102 Å². The fraction of sp³-hybridized carbons (Fsp3) is 0.333. The maximum absolute atomic E-state index is 12.3. The Hall–Kier alpha value is -3.40. The Morgan fingerprint density at radius 3 is 2.61 bits per heavy atom. The minimum atomic E-state index is -1.12. The first-order chi connectivity index (χ1) is 13.5. The van der Waals surface area contributed by atoms with E-state index in [4.69, 9.17) is 14.6 Å². The van der Waals surface area contributed by atoms with Crippen molar-refractivity contribution in [1.29, 1.82) is 0 Å². The summed E-state index contributed by atoms with van der Waals surface area (Å²) in [5.41, 5.74) is 6.67. The lowest BCUT2D eigenvalue weighted by atomic mass is 10.1. The van der Waals surface area contributed by atoms with Crippen LogP contribution in [0.5, 0.6) is 0 Å². The Kier molecular flexibility index (Phi) is 10.4. The van der Waals surface area contributed by atoms with Crippen LogP contribution in [0.2, 0.25) is 0 Å². The molecular weight excluding hydrogens is 362 g/mol. The number of esters is 1. The summed E-state index contributed by atoms with van der Waals surface area (Å²) in [5, 5.41) is 8.84. The van der Waals surface area contributed by atoms with Crippen LogP contribution in [0, 0.1) is 0 Å². The largest absolute Gasteiger partial charge is 0.481 e. The Morgan fingerprint density at radius 1 is 1.21 bits per heavy atom. The van der Waals surface area contributed by atoms with Crippen LogP contribution in [0.1, 0.15) is 32.6 Å². The molecule has 0 heterocycles. The predicted octanol–water partition coefficient (Wildman–Crippen LogP) is 3.69. The summed E-state index contributed by atoms with van der Waals surface area (Å²) in [6.07, 6.45) is 8.20. The molecule has 0 fully saturated rings. The third-order valence-electron chi connectivity index (χ3n) is 3.43. The minimum absolute atomic E-state index is 0.0101. The SMILES string of the molecule is C=C/C=C(\CCC)COC(=O)/C(CCC(=O)O)=N\C(=O)OCC1=CC=C=C=C1. The van der Waals surface area contributed by atoms with Gasteiger partial charge in [0.15, 0.2) is 0 Å². The summed E-state index contributed by atoms with van der Waals surface area (Å²) in [5.74, 6) is -1.98. The van der Waals surface area contributed by atoms with Crippen molar-refractivity contribution in [3.63, 3.8) is 0 Å². The van der Waals surface area contributed by atoms with Gasteiger partial charge in [-0.1, -0.05) is 43.5 Å². The normalized spacial score (nSPS) is 13.1. The zero-order chi connectivity index (χ0) is 20.8. The second kappa shape index (κ2) is 12.9. The average molecular weight is 385 g/mol. The third kappa shape index (κ3) is 9.34. The van der Waals surface area contributed by atoms with E-state index in [1.165, 1.54) is 0 Å². The summed E-state index contributed by atoms with van der Waals surface area (Å²) < 4.78 is 10.1. The lowest BCUT2D eigenvalue weighted by Gasteiger charge is -2.09. The Balaban J connectivity index is 2.74. The Labute approximate surface area is 163 Å². The molecule has 28 heavy (non-hydrogen) atoms. The molecule has 0 radical (unpaired) electrons. The zero-order valence-corrected chi connectivity index (χ0v) is 15.8. The Bertz CT molecular complexity index is 803. The van der Waals surface area contributed by atoms with Crippen LogP contribution in [0.25, 0.3) is 0 Å². The molecule has 7 nitrogen and oxygen atoms in total. The monoisotopic (exact) mass is 385 g/mol. The van der Waals surface area contributed by atoms with Crippen LogP contribution in [-0.4, -0.2) is 42.1 Å². The number of carboxylic acid groups (broad SMARTS) is 1. The molecule has 0 saturated heterocycles. The molecule has 1 aliphatic carbocycles. The van der Waals surface area contributed by atoms with Gasteiger partial charge >= 0.3 is 18.0 Å². The highest BCUT2D eigenvalue weighted by Crippen LogP contribution is 2.08. The van der Waals surface area contributed by atoms with Crippen molar-refractivity contribution in [2.45, 2.75) is 32.6 Å². The number of allylic oxidation sites excluding steroid dienone is 4. The maximum atomic E-state index is 12.3. The molecule has 1 amide bonds. The molecule has 0 aromatic heterocycles. The number of carboxylic acids is 1. The number of carbonyl (C=O) groups excluding carboxylic acids is 2. The van der Waals surface area contributed by atoms with Gasteiger partial charge in [-0.25, -0.2) is 9.59 Å². The molecule has 0 aromatic carbocycles. The fourth-order valence-corrected chi connectivity index (χ4v) is 2.12. The number of amides is 1. The first kappa shape index (κ1) is 22.6. The first-order valence-corrected chi connectivity index (χ1v) is 8.76. The van der Waals surface area contributed by atoms with Gasteiger partial charge in [0.05, 0.1) is 6.42 Å². The van der Waals surface area contributed by atoms with Gasteiger partial charge in [-0.15, -0.1) is 0 Å². The number of ether oxygens (including phenoxy) is 2.